The summed E-state index contributed by atoms with van der Waals surface area (Å²) < 4.78 is 40.7. The van der Waals surface area contributed by atoms with Gasteiger partial charge in [-0.05, 0) is 32.0 Å². The number of H-pyrrole nitrogens is 1. The fourth-order valence-corrected chi connectivity index (χ4v) is 3.54. The van der Waals surface area contributed by atoms with Gasteiger partial charge < -0.3 is 20.7 Å². The molecule has 0 aliphatic carbocycles. The second kappa shape index (κ2) is 9.27. The molecule has 4 aromatic rings. The van der Waals surface area contributed by atoms with Crippen molar-refractivity contribution in [2.75, 3.05) is 11.9 Å². The molecule has 0 fully saturated rings. The van der Waals surface area contributed by atoms with Crippen LogP contribution in [0.15, 0.2) is 36.8 Å². The smallest absolute Gasteiger partial charge is 0.257 e. The molecule has 4 rings (SSSR count). The first-order valence-electron chi connectivity index (χ1n) is 10.6. The molecule has 12 heteroatoms. The summed E-state index contributed by atoms with van der Waals surface area (Å²) in [5.74, 6) is -0.662. The third-order valence-electron chi connectivity index (χ3n) is 5.42. The van der Waals surface area contributed by atoms with Gasteiger partial charge >= 0.3 is 0 Å². The Hall–Kier alpha value is -4.11. The Morgan fingerprint density at radius 3 is 2.77 bits per heavy atom. The van der Waals surface area contributed by atoms with E-state index in [4.69, 9.17) is 0 Å². The number of nitriles is 1. The summed E-state index contributed by atoms with van der Waals surface area (Å²) >= 11 is 0. The van der Waals surface area contributed by atoms with E-state index in [1.165, 1.54) is 32.4 Å². The van der Waals surface area contributed by atoms with Crippen LogP contribution in [0.1, 0.15) is 29.8 Å². The Labute approximate surface area is 197 Å². The maximum absolute atomic E-state index is 14.2. The molecule has 0 saturated carbocycles. The van der Waals surface area contributed by atoms with Crippen molar-refractivity contribution in [1.82, 2.24) is 25.1 Å². The minimum atomic E-state index is -2.59. The first-order valence-corrected chi connectivity index (χ1v) is 10.6. The lowest BCUT2D eigenvalue weighted by atomic mass is 10.0. The molecule has 0 spiro atoms. The van der Waals surface area contributed by atoms with Crippen molar-refractivity contribution < 1.29 is 23.1 Å². The van der Waals surface area contributed by atoms with Crippen LogP contribution in [0.4, 0.5) is 24.5 Å². The monoisotopic (exact) mass is 485 g/mol. The molecule has 3 aromatic heterocycles. The third-order valence-corrected chi connectivity index (χ3v) is 5.42. The molecule has 0 radical (unpaired) electrons. The number of pyridine rings is 1. The lowest BCUT2D eigenvalue weighted by Gasteiger charge is -2.22. The van der Waals surface area contributed by atoms with Crippen molar-refractivity contribution in [3.8, 4) is 6.07 Å². The Kier molecular flexibility index (Phi) is 6.36. The van der Waals surface area contributed by atoms with Gasteiger partial charge in [0.15, 0.2) is 0 Å². The average Bonchev–Trinajstić information content (AvgIpc) is 3.39. The maximum atomic E-state index is 14.2. The minimum absolute atomic E-state index is 0.0501. The summed E-state index contributed by atoms with van der Waals surface area (Å²) in [7, 11) is 0. The minimum Gasteiger partial charge on any atom is -0.387 e. The van der Waals surface area contributed by atoms with E-state index < -0.39 is 37.2 Å². The van der Waals surface area contributed by atoms with Crippen molar-refractivity contribution in [2.45, 2.75) is 38.6 Å². The maximum Gasteiger partial charge on any atom is 0.257 e. The largest absolute Gasteiger partial charge is 0.387 e. The summed E-state index contributed by atoms with van der Waals surface area (Å²) in [6.07, 6.45) is -0.304. The average molecular weight is 485 g/mol. The number of hydrogen-bond acceptors (Lipinski definition) is 6. The Bertz CT molecular complexity index is 1430. The van der Waals surface area contributed by atoms with Crippen LogP contribution < -0.4 is 10.6 Å². The number of benzene rings is 1. The zero-order valence-corrected chi connectivity index (χ0v) is 18.8. The van der Waals surface area contributed by atoms with E-state index in [1.54, 1.807) is 18.2 Å². The number of aromatic nitrogens is 4. The van der Waals surface area contributed by atoms with Crippen LogP contribution in [0.2, 0.25) is 0 Å². The van der Waals surface area contributed by atoms with E-state index in [-0.39, 0.29) is 11.3 Å². The van der Waals surface area contributed by atoms with E-state index in [2.05, 4.69) is 31.8 Å². The highest BCUT2D eigenvalue weighted by molar-refractivity contribution is 6.14. The second-order valence-electron chi connectivity index (χ2n) is 8.57. The summed E-state index contributed by atoms with van der Waals surface area (Å²) in [5, 5.41) is 29.1. The van der Waals surface area contributed by atoms with Crippen LogP contribution in [-0.4, -0.2) is 55.5 Å². The van der Waals surface area contributed by atoms with E-state index in [9.17, 15) is 28.3 Å². The molecule has 1 amide bonds. The van der Waals surface area contributed by atoms with Crippen LogP contribution in [0.3, 0.4) is 0 Å². The van der Waals surface area contributed by atoms with Gasteiger partial charge in [-0.25, -0.2) is 13.2 Å². The van der Waals surface area contributed by atoms with Gasteiger partial charge in [-0.1, -0.05) is 0 Å². The Morgan fingerprint density at radius 2 is 2.09 bits per heavy atom. The highest BCUT2D eigenvalue weighted by atomic mass is 19.3. The second-order valence-corrected chi connectivity index (χ2v) is 8.57. The standard InChI is InChI=1S/C23H22F3N7O2/c1-23(2,35)17(24)9-29-22(34)15-8-28-19-14-4-3-12(6-27)5-16(14)32-21(19)20(15)31-13-7-30-33(10-13)11-18(25)26/h3-5,7-8,10,17-18,32,35H,9,11H2,1-2H3,(H,28,31)(H,29,34)/t17-/m1/s1. The lowest BCUT2D eigenvalue weighted by Crippen LogP contribution is -2.42. The number of nitrogens with zero attached hydrogens (tertiary/aromatic N) is 4. The van der Waals surface area contributed by atoms with Gasteiger partial charge in [0.2, 0.25) is 0 Å². The molecule has 0 bridgehead atoms. The number of aliphatic hydroxyl groups is 1. The van der Waals surface area contributed by atoms with Crippen molar-refractivity contribution >= 4 is 39.2 Å². The molecular formula is C23H22F3N7O2. The van der Waals surface area contributed by atoms with Gasteiger partial charge in [-0.2, -0.15) is 10.4 Å². The highest BCUT2D eigenvalue weighted by Crippen LogP contribution is 2.33. The summed E-state index contributed by atoms with van der Waals surface area (Å²) in [6, 6.07) is 7.05. The highest BCUT2D eigenvalue weighted by Gasteiger charge is 2.28. The van der Waals surface area contributed by atoms with E-state index in [0.29, 0.717) is 33.2 Å². The van der Waals surface area contributed by atoms with E-state index in [1.807, 2.05) is 0 Å². The number of carbonyl (C=O) groups excluding carboxylic acids is 1. The summed E-state index contributed by atoms with van der Waals surface area (Å²) in [4.78, 5) is 20.5. The first kappa shape index (κ1) is 24.0. The normalized spacial score (nSPS) is 12.7. The van der Waals surface area contributed by atoms with Crippen molar-refractivity contribution in [2.24, 2.45) is 0 Å². The number of halogens is 3. The Balaban J connectivity index is 1.77. The predicted molar refractivity (Wildman–Crippen MR) is 123 cm³/mol. The van der Waals surface area contributed by atoms with Crippen molar-refractivity contribution in [3.63, 3.8) is 0 Å². The van der Waals surface area contributed by atoms with Crippen LogP contribution in [-0.2, 0) is 6.54 Å². The Morgan fingerprint density at radius 1 is 1.31 bits per heavy atom. The summed E-state index contributed by atoms with van der Waals surface area (Å²) in [5.41, 5.74) is 0.949. The number of alkyl halides is 3. The molecule has 4 N–H and O–H groups in total. The van der Waals surface area contributed by atoms with Gasteiger partial charge in [0, 0.05) is 23.3 Å². The van der Waals surface area contributed by atoms with Crippen LogP contribution in [0, 0.1) is 11.3 Å². The van der Waals surface area contributed by atoms with Gasteiger partial charge in [-0.3, -0.25) is 14.5 Å². The number of amides is 1. The summed E-state index contributed by atoms with van der Waals surface area (Å²) in [6.45, 7) is 1.55. The van der Waals surface area contributed by atoms with E-state index in [0.717, 1.165) is 4.68 Å². The number of anilines is 2. The number of rotatable bonds is 8. The van der Waals surface area contributed by atoms with Crippen LogP contribution >= 0.6 is 0 Å². The molecule has 0 aliphatic heterocycles. The van der Waals surface area contributed by atoms with Gasteiger partial charge in [-0.15, -0.1) is 0 Å². The fourth-order valence-electron chi connectivity index (χ4n) is 3.54. The van der Waals surface area contributed by atoms with Gasteiger partial charge in [0.05, 0.1) is 57.9 Å². The first-order chi connectivity index (χ1) is 16.6. The van der Waals surface area contributed by atoms with Crippen molar-refractivity contribution in [1.29, 1.82) is 5.26 Å². The number of aromatic amines is 1. The predicted octanol–water partition coefficient (Wildman–Crippen LogP) is 3.63. The SMILES string of the molecule is CC(C)(O)[C@H](F)CNC(=O)c1cnc2c([nH]c3cc(C#N)ccc32)c1Nc1cnn(CC(F)F)c1. The number of fused-ring (bicyclic) bond motifs is 3. The fraction of sp³-hybridized carbons (Fsp3) is 0.304. The van der Waals surface area contributed by atoms with Crippen LogP contribution in [0.25, 0.3) is 21.9 Å². The van der Waals surface area contributed by atoms with Gasteiger partial charge in [0.1, 0.15) is 12.7 Å². The third kappa shape index (κ3) is 5.04. The van der Waals surface area contributed by atoms with Gasteiger partial charge in [0.25, 0.3) is 12.3 Å². The molecule has 9 nitrogen and oxygen atoms in total. The van der Waals surface area contributed by atoms with Crippen LogP contribution in [0.5, 0.6) is 0 Å². The molecule has 0 aliphatic rings. The number of hydrogen-bond donors (Lipinski definition) is 4. The topological polar surface area (TPSA) is 132 Å². The molecule has 1 aromatic carbocycles. The van der Waals surface area contributed by atoms with E-state index >= 15 is 0 Å². The molecule has 1 atom stereocenters. The zero-order valence-electron chi connectivity index (χ0n) is 18.8. The van der Waals surface area contributed by atoms with Crippen molar-refractivity contribution in [3.05, 3.63) is 47.9 Å². The molecule has 35 heavy (non-hydrogen) atoms. The quantitative estimate of drug-likeness (QED) is 0.301. The molecule has 3 heterocycles. The molecular weight excluding hydrogens is 463 g/mol. The molecule has 0 unspecified atom stereocenters. The molecule has 0 saturated heterocycles. The number of carbonyl (C=O) groups is 1. The lowest BCUT2D eigenvalue weighted by molar-refractivity contribution is -0.00177. The molecule has 182 valence electrons. The number of nitrogens with one attached hydrogen (secondary N) is 3. The zero-order chi connectivity index (χ0) is 25.3.